The number of ether oxygens (including phenoxy) is 2. The monoisotopic (exact) mass is 584 g/mol. The Morgan fingerprint density at radius 2 is 1.02 bits per heavy atom. The van der Waals surface area contributed by atoms with E-state index >= 15 is 0 Å². The molecule has 0 fully saturated rings. The van der Waals surface area contributed by atoms with Crippen LogP contribution in [0.3, 0.4) is 0 Å². The molecule has 4 aromatic rings. The molecule has 0 saturated carbocycles. The molecule has 0 unspecified atom stereocenters. The largest absolute Gasteiger partial charge is 0.507 e. The number of hydrogen-bond donors (Lipinski definition) is 4. The third-order valence-corrected chi connectivity index (χ3v) is 7.63. The van der Waals surface area contributed by atoms with Gasteiger partial charge in [-0.2, -0.15) is 0 Å². The molecule has 0 aromatic heterocycles. The molecule has 43 heavy (non-hydrogen) atoms. The maximum atomic E-state index is 12.8. The maximum Gasteiger partial charge on any atom is 0.200 e. The molecule has 0 aliphatic rings. The molecule has 8 heteroatoms. The van der Waals surface area contributed by atoms with E-state index in [9.17, 15) is 30.0 Å². The lowest BCUT2D eigenvalue weighted by molar-refractivity contribution is 0.0638. The first kappa shape index (κ1) is 31.0. The van der Waals surface area contributed by atoms with Gasteiger partial charge in [0.1, 0.15) is 34.5 Å². The maximum absolute atomic E-state index is 12.8. The van der Waals surface area contributed by atoms with E-state index in [1.54, 1.807) is 36.4 Å². The lowest BCUT2D eigenvalue weighted by Crippen LogP contribution is -2.34. The van der Waals surface area contributed by atoms with Crippen LogP contribution in [0.15, 0.2) is 84.9 Å². The minimum atomic E-state index is -0.502. The van der Waals surface area contributed by atoms with Crippen molar-refractivity contribution in [2.75, 3.05) is 13.2 Å². The average molecular weight is 585 g/mol. The van der Waals surface area contributed by atoms with Crippen molar-refractivity contribution in [2.24, 2.45) is 5.41 Å². The first-order valence-electron chi connectivity index (χ1n) is 14.2. The summed E-state index contributed by atoms with van der Waals surface area (Å²) in [5.74, 6) is -1.09. The summed E-state index contributed by atoms with van der Waals surface area (Å²) in [6.07, 6.45) is 3.42. The highest BCUT2D eigenvalue weighted by molar-refractivity contribution is 6.13. The fourth-order valence-corrected chi connectivity index (χ4v) is 4.80. The van der Waals surface area contributed by atoms with Gasteiger partial charge in [0.15, 0.2) is 11.6 Å². The predicted molar refractivity (Wildman–Crippen MR) is 163 cm³/mol. The van der Waals surface area contributed by atoms with Crippen molar-refractivity contribution in [3.05, 3.63) is 107 Å². The normalized spacial score (nSPS) is 11.2. The van der Waals surface area contributed by atoms with Gasteiger partial charge >= 0.3 is 0 Å². The lowest BCUT2D eigenvalue weighted by Gasteiger charge is -2.32. The molecule has 224 valence electrons. The van der Waals surface area contributed by atoms with Gasteiger partial charge in [0.2, 0.25) is 0 Å². The molecular formula is C35H36O8. The summed E-state index contributed by atoms with van der Waals surface area (Å²) < 4.78 is 12.2. The third kappa shape index (κ3) is 7.27. The van der Waals surface area contributed by atoms with E-state index < -0.39 is 17.0 Å². The molecule has 4 rings (SSSR count). The summed E-state index contributed by atoms with van der Waals surface area (Å²) in [7, 11) is 0. The van der Waals surface area contributed by atoms with Crippen LogP contribution >= 0.6 is 0 Å². The summed E-state index contributed by atoms with van der Waals surface area (Å²) in [5.41, 5.74) is -0.122. The molecule has 4 aromatic carbocycles. The van der Waals surface area contributed by atoms with Gasteiger partial charge in [-0.3, -0.25) is 9.59 Å². The molecule has 0 bridgehead atoms. The number of carbonyl (C=O) groups excluding carboxylic acids is 2. The summed E-state index contributed by atoms with van der Waals surface area (Å²) in [4.78, 5) is 25.7. The number of unbranched alkanes of at least 4 members (excludes halogenated alkanes) is 1. The molecule has 4 N–H and O–H groups in total. The van der Waals surface area contributed by atoms with Crippen LogP contribution in [-0.2, 0) is 0 Å². The van der Waals surface area contributed by atoms with Crippen LogP contribution in [-0.4, -0.2) is 45.2 Å². The first-order valence-corrected chi connectivity index (χ1v) is 14.2. The smallest absolute Gasteiger partial charge is 0.200 e. The number of phenolic OH excluding ortho intramolecular Hbond substituents is 4. The Balaban J connectivity index is 1.46. The van der Waals surface area contributed by atoms with Crippen molar-refractivity contribution in [2.45, 2.75) is 39.5 Å². The van der Waals surface area contributed by atoms with Crippen LogP contribution in [0, 0.1) is 5.41 Å². The Bertz CT molecular complexity index is 1480. The molecule has 0 aliphatic carbocycles. The van der Waals surface area contributed by atoms with Crippen LogP contribution in [0.1, 0.15) is 71.4 Å². The number of rotatable bonds is 14. The highest BCUT2D eigenvalue weighted by Gasteiger charge is 2.31. The second-order valence-electron chi connectivity index (χ2n) is 10.6. The van der Waals surface area contributed by atoms with E-state index in [0.717, 1.165) is 25.7 Å². The van der Waals surface area contributed by atoms with Gasteiger partial charge in [-0.25, -0.2) is 0 Å². The Morgan fingerprint density at radius 3 is 1.40 bits per heavy atom. The van der Waals surface area contributed by atoms with Gasteiger partial charge in [-0.1, -0.05) is 51.0 Å². The van der Waals surface area contributed by atoms with Crippen LogP contribution in [0.5, 0.6) is 34.5 Å². The molecular weight excluding hydrogens is 548 g/mol. The molecule has 0 atom stereocenters. The van der Waals surface area contributed by atoms with E-state index in [4.69, 9.17) is 9.47 Å². The van der Waals surface area contributed by atoms with E-state index in [-0.39, 0.29) is 58.5 Å². The Kier molecular flexibility index (Phi) is 9.93. The van der Waals surface area contributed by atoms with E-state index in [2.05, 4.69) is 6.92 Å². The SMILES string of the molecule is CCCCC(CC)(COc1ccc(C(=O)c2ccccc2O)c(O)c1)COc1ccc(C(=O)c2ccccc2O)c(O)c1. The number of phenols is 4. The number of benzene rings is 4. The minimum Gasteiger partial charge on any atom is -0.507 e. The minimum absolute atomic E-state index is 0.0501. The first-order chi connectivity index (χ1) is 20.7. The molecule has 0 heterocycles. The van der Waals surface area contributed by atoms with Crippen LogP contribution in [0.4, 0.5) is 0 Å². The van der Waals surface area contributed by atoms with E-state index in [1.165, 1.54) is 48.5 Å². The zero-order valence-electron chi connectivity index (χ0n) is 24.2. The highest BCUT2D eigenvalue weighted by Crippen LogP contribution is 2.35. The fourth-order valence-electron chi connectivity index (χ4n) is 4.80. The van der Waals surface area contributed by atoms with Crippen molar-refractivity contribution < 1.29 is 39.5 Å². The molecule has 0 aliphatic heterocycles. The van der Waals surface area contributed by atoms with Gasteiger partial charge in [-0.15, -0.1) is 0 Å². The number of ketones is 2. The molecule has 0 amide bonds. The van der Waals surface area contributed by atoms with Gasteiger partial charge in [0.05, 0.1) is 35.5 Å². The topological polar surface area (TPSA) is 134 Å². The van der Waals surface area contributed by atoms with Gasteiger partial charge in [0.25, 0.3) is 0 Å². The lowest BCUT2D eigenvalue weighted by atomic mass is 9.81. The van der Waals surface area contributed by atoms with Crippen LogP contribution in [0.25, 0.3) is 0 Å². The Hall–Kier alpha value is -4.98. The van der Waals surface area contributed by atoms with E-state index in [1.807, 2.05) is 6.92 Å². The number of carbonyl (C=O) groups is 2. The number of aromatic hydroxyl groups is 4. The van der Waals surface area contributed by atoms with Crippen molar-refractivity contribution >= 4 is 11.6 Å². The quantitative estimate of drug-likeness (QED) is 0.116. The third-order valence-electron chi connectivity index (χ3n) is 7.63. The second kappa shape index (κ2) is 13.8. The summed E-state index contributed by atoms with van der Waals surface area (Å²) in [6, 6.07) is 21.2. The fraction of sp³-hybridized carbons (Fsp3) is 0.257. The van der Waals surface area contributed by atoms with Crippen molar-refractivity contribution in [1.29, 1.82) is 0 Å². The standard InChI is InChI=1S/C35H36O8/c1-3-5-18-35(4-2,21-42-23-14-16-27(31(38)19-23)33(40)25-10-6-8-12-29(25)36)22-43-24-15-17-28(32(39)20-24)34(41)26-11-7-9-13-30(26)37/h6-17,19-20,36-39H,3-5,18,21-22H2,1-2H3. The van der Waals surface area contributed by atoms with Crippen LogP contribution in [0.2, 0.25) is 0 Å². The van der Waals surface area contributed by atoms with Crippen molar-refractivity contribution in [3.8, 4) is 34.5 Å². The molecule has 0 spiro atoms. The zero-order valence-corrected chi connectivity index (χ0v) is 24.2. The number of hydrogen-bond acceptors (Lipinski definition) is 8. The van der Waals surface area contributed by atoms with E-state index in [0.29, 0.717) is 11.5 Å². The zero-order chi connectivity index (χ0) is 31.0. The summed E-state index contributed by atoms with van der Waals surface area (Å²) >= 11 is 0. The van der Waals surface area contributed by atoms with Crippen molar-refractivity contribution in [3.63, 3.8) is 0 Å². The van der Waals surface area contributed by atoms with Gasteiger partial charge in [-0.05, 0) is 61.4 Å². The predicted octanol–water partition coefficient (Wildman–Crippen LogP) is 7.02. The van der Waals surface area contributed by atoms with Crippen LogP contribution < -0.4 is 9.47 Å². The highest BCUT2D eigenvalue weighted by atomic mass is 16.5. The van der Waals surface area contributed by atoms with Gasteiger partial charge < -0.3 is 29.9 Å². The molecule has 8 nitrogen and oxygen atoms in total. The summed E-state index contributed by atoms with van der Waals surface area (Å²) in [6.45, 7) is 4.68. The van der Waals surface area contributed by atoms with Gasteiger partial charge in [0, 0.05) is 17.5 Å². The Morgan fingerprint density at radius 1 is 0.605 bits per heavy atom. The molecule has 0 radical (unpaired) electrons. The van der Waals surface area contributed by atoms with Crippen molar-refractivity contribution in [1.82, 2.24) is 0 Å². The number of para-hydroxylation sites is 2. The summed E-state index contributed by atoms with van der Waals surface area (Å²) in [5, 5.41) is 41.3. The Labute approximate surface area is 250 Å². The second-order valence-corrected chi connectivity index (χ2v) is 10.6. The molecule has 0 saturated heterocycles. The average Bonchev–Trinajstić information content (AvgIpc) is 3.01.